The first-order valence-corrected chi connectivity index (χ1v) is 14.5. The number of hydrogen-bond donors (Lipinski definition) is 1. The Morgan fingerprint density at radius 2 is 1.62 bits per heavy atom. The maximum atomic E-state index is 14.0. The first kappa shape index (κ1) is 30.0. The first-order valence-electron chi connectivity index (χ1n) is 12.7. The van der Waals surface area contributed by atoms with Gasteiger partial charge in [0.2, 0.25) is 11.8 Å². The average molecular weight is 572 g/mol. The van der Waals surface area contributed by atoms with E-state index in [1.165, 1.54) is 24.1 Å². The number of benzene rings is 3. The number of nitrogens with zero attached hydrogens (tertiary/aromatic N) is 2. The van der Waals surface area contributed by atoms with Crippen molar-refractivity contribution in [3.8, 4) is 5.75 Å². The number of nitrogens with one attached hydrogen (secondary N) is 1. The molecule has 3 aromatic carbocycles. The van der Waals surface area contributed by atoms with E-state index in [1.807, 2.05) is 45.0 Å². The Bertz CT molecular complexity index is 1380. The zero-order chi connectivity index (χ0) is 28.6. The Balaban J connectivity index is 2.06. The molecule has 3 rings (SSSR count). The van der Waals surface area contributed by atoms with Crippen LogP contribution in [0.1, 0.15) is 31.4 Å². The SMILES string of the molecule is CCNC(=O)[C@@H](CC)N(Cc1ccccc1C)C(=O)CN(c1ccc(Cl)cc1)S(=O)(=O)c1ccc(OC)cc1. The molecule has 8 nitrogen and oxygen atoms in total. The number of ether oxygens (including phenoxy) is 1. The summed E-state index contributed by atoms with van der Waals surface area (Å²) in [7, 11) is -2.69. The average Bonchev–Trinajstić information content (AvgIpc) is 2.93. The van der Waals surface area contributed by atoms with Crippen molar-refractivity contribution in [1.82, 2.24) is 10.2 Å². The Labute approximate surface area is 235 Å². The highest BCUT2D eigenvalue weighted by Crippen LogP contribution is 2.27. The minimum atomic E-state index is -4.18. The predicted molar refractivity (Wildman–Crippen MR) is 153 cm³/mol. The zero-order valence-electron chi connectivity index (χ0n) is 22.6. The number of carbonyl (C=O) groups is 2. The van der Waals surface area contributed by atoms with Gasteiger partial charge < -0.3 is 15.0 Å². The summed E-state index contributed by atoms with van der Waals surface area (Å²) in [4.78, 5) is 28.4. The molecule has 208 valence electrons. The molecular weight excluding hydrogens is 538 g/mol. The van der Waals surface area contributed by atoms with Gasteiger partial charge in [0.05, 0.1) is 17.7 Å². The summed E-state index contributed by atoms with van der Waals surface area (Å²) < 4.78 is 33.9. The highest BCUT2D eigenvalue weighted by molar-refractivity contribution is 7.92. The van der Waals surface area contributed by atoms with Crippen LogP contribution in [-0.4, -0.2) is 51.4 Å². The number of methoxy groups -OCH3 is 1. The smallest absolute Gasteiger partial charge is 0.264 e. The molecular formula is C29H34ClN3O5S. The molecule has 10 heteroatoms. The van der Waals surface area contributed by atoms with Crippen molar-refractivity contribution >= 4 is 39.1 Å². The van der Waals surface area contributed by atoms with Crippen molar-refractivity contribution in [2.75, 3.05) is 24.5 Å². The molecule has 0 heterocycles. The Hall–Kier alpha value is -3.56. The van der Waals surface area contributed by atoms with E-state index in [9.17, 15) is 18.0 Å². The quantitative estimate of drug-likeness (QED) is 0.337. The third-order valence-electron chi connectivity index (χ3n) is 6.38. The van der Waals surface area contributed by atoms with Crippen LogP contribution in [0.25, 0.3) is 0 Å². The Kier molecular flexibility index (Phi) is 10.4. The molecule has 0 aliphatic rings. The number of rotatable bonds is 12. The maximum Gasteiger partial charge on any atom is 0.264 e. The summed E-state index contributed by atoms with van der Waals surface area (Å²) in [6, 6.07) is 19.0. The standard InChI is InChI=1S/C29H34ClN3O5S/c1-5-27(29(35)31-6-2)32(19-22-10-8-7-9-21(22)3)28(34)20-33(24-13-11-23(30)12-14-24)39(36,37)26-17-15-25(38-4)16-18-26/h7-18,27H,5-6,19-20H2,1-4H3,(H,31,35)/t27-/m1/s1. The molecule has 0 aromatic heterocycles. The number of carbonyl (C=O) groups excluding carboxylic acids is 2. The van der Waals surface area contributed by atoms with E-state index in [4.69, 9.17) is 16.3 Å². The fourth-order valence-corrected chi connectivity index (χ4v) is 5.73. The molecule has 39 heavy (non-hydrogen) atoms. The number of likely N-dealkylation sites (N-methyl/N-ethyl adjacent to an activating group) is 1. The van der Waals surface area contributed by atoms with Gasteiger partial charge in [-0.3, -0.25) is 13.9 Å². The van der Waals surface area contributed by atoms with Crippen molar-refractivity contribution in [3.63, 3.8) is 0 Å². The van der Waals surface area contributed by atoms with Crippen molar-refractivity contribution in [2.24, 2.45) is 0 Å². The van der Waals surface area contributed by atoms with Crippen LogP contribution in [0.4, 0.5) is 5.69 Å². The van der Waals surface area contributed by atoms with Gasteiger partial charge in [-0.25, -0.2) is 8.42 Å². The third kappa shape index (κ3) is 7.30. The first-order chi connectivity index (χ1) is 18.6. The van der Waals surface area contributed by atoms with E-state index in [0.29, 0.717) is 23.7 Å². The molecule has 0 fully saturated rings. The molecule has 2 amide bonds. The van der Waals surface area contributed by atoms with Gasteiger partial charge in [-0.2, -0.15) is 0 Å². The van der Waals surface area contributed by atoms with Crippen LogP contribution < -0.4 is 14.4 Å². The number of sulfonamides is 1. The van der Waals surface area contributed by atoms with Crippen LogP contribution in [0.15, 0.2) is 77.7 Å². The monoisotopic (exact) mass is 571 g/mol. The normalized spacial score (nSPS) is 11.9. The number of amides is 2. The summed E-state index contributed by atoms with van der Waals surface area (Å²) in [6.07, 6.45) is 0.357. The molecule has 0 saturated carbocycles. The van der Waals surface area contributed by atoms with Gasteiger partial charge >= 0.3 is 0 Å². The highest BCUT2D eigenvalue weighted by Gasteiger charge is 2.33. The van der Waals surface area contributed by atoms with E-state index in [2.05, 4.69) is 5.32 Å². The molecule has 0 aliphatic heterocycles. The van der Waals surface area contributed by atoms with Crippen molar-refractivity contribution in [2.45, 2.75) is 44.7 Å². The topological polar surface area (TPSA) is 96.0 Å². The zero-order valence-corrected chi connectivity index (χ0v) is 24.1. The predicted octanol–water partition coefficient (Wildman–Crippen LogP) is 4.80. The van der Waals surface area contributed by atoms with Gasteiger partial charge in [0.25, 0.3) is 10.0 Å². The van der Waals surface area contributed by atoms with E-state index in [-0.39, 0.29) is 23.0 Å². The number of halogens is 1. The summed E-state index contributed by atoms with van der Waals surface area (Å²) >= 11 is 6.07. The van der Waals surface area contributed by atoms with Gasteiger partial charge in [0, 0.05) is 18.1 Å². The highest BCUT2D eigenvalue weighted by atomic mass is 35.5. The lowest BCUT2D eigenvalue weighted by molar-refractivity contribution is -0.140. The molecule has 1 N–H and O–H groups in total. The lowest BCUT2D eigenvalue weighted by atomic mass is 10.1. The van der Waals surface area contributed by atoms with Crippen LogP contribution in [0.3, 0.4) is 0 Å². The number of anilines is 1. The molecule has 0 unspecified atom stereocenters. The van der Waals surface area contributed by atoms with E-state index in [0.717, 1.165) is 15.4 Å². The molecule has 0 aliphatic carbocycles. The van der Waals surface area contributed by atoms with Crippen molar-refractivity contribution in [3.05, 3.63) is 88.9 Å². The molecule has 0 bridgehead atoms. The Morgan fingerprint density at radius 1 is 0.974 bits per heavy atom. The largest absolute Gasteiger partial charge is 0.497 e. The minimum absolute atomic E-state index is 0.00716. The van der Waals surface area contributed by atoms with Crippen molar-refractivity contribution < 1.29 is 22.7 Å². The lowest BCUT2D eigenvalue weighted by Gasteiger charge is -2.33. The van der Waals surface area contributed by atoms with Crippen LogP contribution in [-0.2, 0) is 26.2 Å². The molecule has 0 saturated heterocycles. The fourth-order valence-electron chi connectivity index (χ4n) is 4.19. The van der Waals surface area contributed by atoms with Gasteiger partial charge in [-0.15, -0.1) is 0 Å². The minimum Gasteiger partial charge on any atom is -0.497 e. The van der Waals surface area contributed by atoms with Gasteiger partial charge in [-0.1, -0.05) is 42.8 Å². The van der Waals surface area contributed by atoms with Gasteiger partial charge in [0.1, 0.15) is 18.3 Å². The van der Waals surface area contributed by atoms with E-state index in [1.54, 1.807) is 36.4 Å². The van der Waals surface area contributed by atoms with Crippen molar-refractivity contribution in [1.29, 1.82) is 0 Å². The number of hydrogen-bond acceptors (Lipinski definition) is 5. The lowest BCUT2D eigenvalue weighted by Crippen LogP contribution is -2.52. The van der Waals surface area contributed by atoms with Crippen LogP contribution in [0.5, 0.6) is 5.75 Å². The summed E-state index contributed by atoms with van der Waals surface area (Å²) in [5, 5.41) is 3.23. The maximum absolute atomic E-state index is 14.0. The molecule has 3 aromatic rings. The van der Waals surface area contributed by atoms with Gasteiger partial charge in [0.15, 0.2) is 0 Å². The number of aryl methyl sites for hydroxylation is 1. The van der Waals surface area contributed by atoms with Crippen LogP contribution >= 0.6 is 11.6 Å². The summed E-state index contributed by atoms with van der Waals surface area (Å²) in [6.45, 7) is 5.60. The molecule has 0 radical (unpaired) electrons. The third-order valence-corrected chi connectivity index (χ3v) is 8.42. The van der Waals surface area contributed by atoms with Crippen LogP contribution in [0.2, 0.25) is 5.02 Å². The fraction of sp³-hybridized carbons (Fsp3) is 0.310. The Morgan fingerprint density at radius 3 is 2.18 bits per heavy atom. The summed E-state index contributed by atoms with van der Waals surface area (Å²) in [5.74, 6) is -0.304. The molecule has 1 atom stereocenters. The molecule has 0 spiro atoms. The van der Waals surface area contributed by atoms with Gasteiger partial charge in [-0.05, 0) is 79.9 Å². The van der Waals surface area contributed by atoms with Crippen LogP contribution in [0, 0.1) is 6.92 Å². The summed E-state index contributed by atoms with van der Waals surface area (Å²) in [5.41, 5.74) is 2.09. The van der Waals surface area contributed by atoms with E-state index >= 15 is 0 Å². The second-order valence-electron chi connectivity index (χ2n) is 8.93. The van der Waals surface area contributed by atoms with E-state index < -0.39 is 28.5 Å². The second kappa shape index (κ2) is 13.5. The second-order valence-corrected chi connectivity index (χ2v) is 11.2.